The lowest BCUT2D eigenvalue weighted by Gasteiger charge is -2.39. The van der Waals surface area contributed by atoms with Gasteiger partial charge in [-0.15, -0.1) is 0 Å². The number of piperidine rings is 1. The Hall–Kier alpha value is -0.160. The maximum atomic E-state index is 6.01. The van der Waals surface area contributed by atoms with E-state index in [1.165, 1.54) is 0 Å². The van der Waals surface area contributed by atoms with Gasteiger partial charge in [-0.25, -0.2) is 0 Å². The Morgan fingerprint density at radius 2 is 1.73 bits per heavy atom. The molecule has 2 fully saturated rings. The lowest BCUT2D eigenvalue weighted by atomic mass is 10.0. The molecule has 0 aliphatic carbocycles. The Balaban J connectivity index is 1.81. The number of likely N-dealkylation sites (tertiary alicyclic amines) is 1. The molecular formula is C11H22N2O2. The van der Waals surface area contributed by atoms with Gasteiger partial charge < -0.3 is 20.1 Å². The molecule has 0 atom stereocenters. The average molecular weight is 214 g/mol. The minimum atomic E-state index is -0.255. The van der Waals surface area contributed by atoms with Crippen LogP contribution in [0, 0.1) is 0 Å². The number of rotatable bonds is 2. The fraction of sp³-hybridized carbons (Fsp3) is 1.00. The van der Waals surface area contributed by atoms with Crippen molar-refractivity contribution in [3.63, 3.8) is 0 Å². The van der Waals surface area contributed by atoms with Gasteiger partial charge >= 0.3 is 0 Å². The van der Waals surface area contributed by atoms with Gasteiger partial charge in [-0.3, -0.25) is 0 Å². The summed E-state index contributed by atoms with van der Waals surface area (Å²) < 4.78 is 11.4. The van der Waals surface area contributed by atoms with E-state index in [1.807, 2.05) is 0 Å². The van der Waals surface area contributed by atoms with Crippen LogP contribution < -0.4 is 5.73 Å². The molecule has 0 bridgehead atoms. The summed E-state index contributed by atoms with van der Waals surface area (Å²) in [6, 6.07) is 0. The number of nitrogens with two attached hydrogens (primary N) is 1. The molecule has 2 aliphatic heterocycles. The van der Waals surface area contributed by atoms with Crippen LogP contribution in [-0.4, -0.2) is 49.1 Å². The van der Waals surface area contributed by atoms with E-state index in [-0.39, 0.29) is 11.3 Å². The molecule has 0 unspecified atom stereocenters. The third kappa shape index (κ3) is 2.91. The number of ether oxygens (including phenoxy) is 2. The van der Waals surface area contributed by atoms with Gasteiger partial charge in [0.05, 0.1) is 13.2 Å². The fourth-order valence-corrected chi connectivity index (χ4v) is 2.41. The Morgan fingerprint density at radius 3 is 2.20 bits per heavy atom. The molecule has 2 N–H and O–H groups in total. The van der Waals surface area contributed by atoms with E-state index in [0.717, 1.165) is 45.7 Å². The van der Waals surface area contributed by atoms with Crippen LogP contribution in [0.2, 0.25) is 0 Å². The molecule has 0 radical (unpaired) electrons. The van der Waals surface area contributed by atoms with Crippen LogP contribution in [0.15, 0.2) is 0 Å². The summed E-state index contributed by atoms with van der Waals surface area (Å²) in [7, 11) is 0. The molecule has 4 nitrogen and oxygen atoms in total. The summed E-state index contributed by atoms with van der Waals surface area (Å²) in [4.78, 5) is 2.40. The molecule has 0 aromatic heterocycles. The van der Waals surface area contributed by atoms with Crippen LogP contribution in [-0.2, 0) is 9.47 Å². The fourth-order valence-electron chi connectivity index (χ4n) is 2.41. The van der Waals surface area contributed by atoms with Gasteiger partial charge in [-0.05, 0) is 13.8 Å². The minimum absolute atomic E-state index is 0.109. The second-order valence-corrected chi connectivity index (χ2v) is 5.37. The van der Waals surface area contributed by atoms with Crippen molar-refractivity contribution < 1.29 is 9.47 Å². The zero-order valence-corrected chi connectivity index (χ0v) is 9.79. The molecule has 0 aromatic carbocycles. The van der Waals surface area contributed by atoms with E-state index in [1.54, 1.807) is 0 Å². The SMILES string of the molecule is CC(C)(N)CN1CCC2(CC1)OCCO2. The van der Waals surface area contributed by atoms with Crippen molar-refractivity contribution in [1.82, 2.24) is 4.90 Å². The first-order valence-corrected chi connectivity index (χ1v) is 5.78. The molecule has 2 rings (SSSR count). The summed E-state index contributed by atoms with van der Waals surface area (Å²) in [5, 5.41) is 0. The predicted octanol–water partition coefficient (Wildman–Crippen LogP) is 0.563. The second kappa shape index (κ2) is 4.01. The summed E-state index contributed by atoms with van der Waals surface area (Å²) in [6.07, 6.45) is 1.95. The van der Waals surface area contributed by atoms with Crippen LogP contribution in [0.1, 0.15) is 26.7 Å². The Bertz CT molecular complexity index is 209. The quantitative estimate of drug-likeness (QED) is 0.730. The molecular weight excluding hydrogens is 192 g/mol. The lowest BCUT2D eigenvalue weighted by Crippen LogP contribution is -2.51. The zero-order chi connectivity index (χ0) is 10.9. The van der Waals surface area contributed by atoms with Gasteiger partial charge in [-0.2, -0.15) is 0 Å². The molecule has 2 aliphatic rings. The van der Waals surface area contributed by atoms with Gasteiger partial charge in [0.1, 0.15) is 0 Å². The molecule has 0 amide bonds. The van der Waals surface area contributed by atoms with E-state index >= 15 is 0 Å². The summed E-state index contributed by atoms with van der Waals surface area (Å²) >= 11 is 0. The van der Waals surface area contributed by atoms with Crippen molar-refractivity contribution in [3.8, 4) is 0 Å². The lowest BCUT2D eigenvalue weighted by molar-refractivity contribution is -0.185. The Labute approximate surface area is 91.7 Å². The van der Waals surface area contributed by atoms with E-state index in [9.17, 15) is 0 Å². The second-order valence-electron chi connectivity index (χ2n) is 5.37. The zero-order valence-electron chi connectivity index (χ0n) is 9.79. The van der Waals surface area contributed by atoms with Crippen molar-refractivity contribution in [2.24, 2.45) is 5.73 Å². The van der Waals surface area contributed by atoms with Crippen LogP contribution >= 0.6 is 0 Å². The number of hydrogen-bond acceptors (Lipinski definition) is 4. The third-order valence-electron chi connectivity index (χ3n) is 3.06. The van der Waals surface area contributed by atoms with E-state index in [4.69, 9.17) is 15.2 Å². The largest absolute Gasteiger partial charge is 0.347 e. The van der Waals surface area contributed by atoms with Gasteiger partial charge in [0, 0.05) is 38.0 Å². The van der Waals surface area contributed by atoms with Gasteiger partial charge in [0.2, 0.25) is 0 Å². The van der Waals surface area contributed by atoms with Crippen LogP contribution in [0.3, 0.4) is 0 Å². The van der Waals surface area contributed by atoms with Gasteiger partial charge in [0.25, 0.3) is 0 Å². The molecule has 4 heteroatoms. The summed E-state index contributed by atoms with van der Waals surface area (Å²) in [5.41, 5.74) is 5.90. The average Bonchev–Trinajstić information content (AvgIpc) is 2.56. The van der Waals surface area contributed by atoms with E-state index < -0.39 is 0 Å². The van der Waals surface area contributed by atoms with Crippen molar-refractivity contribution in [2.75, 3.05) is 32.8 Å². The highest BCUT2D eigenvalue weighted by molar-refractivity contribution is 4.86. The normalized spacial score (nSPS) is 27.4. The maximum Gasteiger partial charge on any atom is 0.170 e. The van der Waals surface area contributed by atoms with Crippen molar-refractivity contribution in [2.45, 2.75) is 38.0 Å². The summed E-state index contributed by atoms with van der Waals surface area (Å²) in [5.74, 6) is -0.255. The van der Waals surface area contributed by atoms with Crippen molar-refractivity contribution in [1.29, 1.82) is 0 Å². The van der Waals surface area contributed by atoms with E-state index in [0.29, 0.717) is 0 Å². The van der Waals surface area contributed by atoms with Crippen LogP contribution in [0.4, 0.5) is 0 Å². The molecule has 0 saturated carbocycles. The first kappa shape index (κ1) is 11.3. The Kier molecular flexibility index (Phi) is 3.03. The highest BCUT2D eigenvalue weighted by Gasteiger charge is 2.40. The number of nitrogens with zero attached hydrogens (tertiary/aromatic N) is 1. The van der Waals surface area contributed by atoms with E-state index in [2.05, 4.69) is 18.7 Å². The van der Waals surface area contributed by atoms with Crippen LogP contribution in [0.25, 0.3) is 0 Å². The maximum absolute atomic E-state index is 6.01. The number of hydrogen-bond donors (Lipinski definition) is 1. The van der Waals surface area contributed by atoms with Crippen molar-refractivity contribution >= 4 is 0 Å². The van der Waals surface area contributed by atoms with Gasteiger partial charge in [0.15, 0.2) is 5.79 Å². The highest BCUT2D eigenvalue weighted by Crippen LogP contribution is 2.31. The minimum Gasteiger partial charge on any atom is -0.347 e. The smallest absolute Gasteiger partial charge is 0.170 e. The molecule has 2 heterocycles. The van der Waals surface area contributed by atoms with Crippen molar-refractivity contribution in [3.05, 3.63) is 0 Å². The van der Waals surface area contributed by atoms with Gasteiger partial charge in [-0.1, -0.05) is 0 Å². The molecule has 88 valence electrons. The first-order valence-electron chi connectivity index (χ1n) is 5.78. The monoisotopic (exact) mass is 214 g/mol. The standard InChI is InChI=1S/C11H22N2O2/c1-10(2,12)9-13-5-3-11(4-6-13)14-7-8-15-11/h3-9,12H2,1-2H3. The Morgan fingerprint density at radius 1 is 1.20 bits per heavy atom. The third-order valence-corrected chi connectivity index (χ3v) is 3.06. The van der Waals surface area contributed by atoms with Crippen LogP contribution in [0.5, 0.6) is 0 Å². The highest BCUT2D eigenvalue weighted by atomic mass is 16.7. The predicted molar refractivity (Wildman–Crippen MR) is 58.6 cm³/mol. The first-order chi connectivity index (χ1) is 6.99. The molecule has 1 spiro atoms. The summed E-state index contributed by atoms with van der Waals surface area (Å²) in [6.45, 7) is 8.65. The topological polar surface area (TPSA) is 47.7 Å². The molecule has 0 aromatic rings. The molecule has 2 saturated heterocycles. The molecule has 15 heavy (non-hydrogen) atoms.